The Kier molecular flexibility index (Phi) is 5.81. The zero-order valence-corrected chi connectivity index (χ0v) is 10.3. The monoisotopic (exact) mass is 227 g/mol. The molecule has 3 atom stereocenters. The van der Waals surface area contributed by atoms with Gasteiger partial charge in [-0.25, -0.2) is 0 Å². The highest BCUT2D eigenvalue weighted by atomic mass is 16.4. The highest BCUT2D eigenvalue weighted by Crippen LogP contribution is 2.38. The molecule has 3 unspecified atom stereocenters. The summed E-state index contributed by atoms with van der Waals surface area (Å²) in [7, 11) is 0. The predicted molar refractivity (Wildman–Crippen MR) is 65.2 cm³/mol. The van der Waals surface area contributed by atoms with E-state index in [0.29, 0.717) is 18.4 Å². The Hall–Kier alpha value is -0.570. The highest BCUT2D eigenvalue weighted by molar-refractivity contribution is 5.70. The van der Waals surface area contributed by atoms with E-state index in [1.54, 1.807) is 0 Å². The van der Waals surface area contributed by atoms with Crippen LogP contribution in [0.1, 0.15) is 51.9 Å². The van der Waals surface area contributed by atoms with Gasteiger partial charge in [-0.1, -0.05) is 32.6 Å². The van der Waals surface area contributed by atoms with Crippen molar-refractivity contribution in [1.29, 1.82) is 0 Å². The molecule has 1 saturated carbocycles. The molecule has 1 rings (SSSR count). The molecule has 0 saturated heterocycles. The first kappa shape index (κ1) is 13.5. The summed E-state index contributed by atoms with van der Waals surface area (Å²) in [6.45, 7) is 2.79. The van der Waals surface area contributed by atoms with Gasteiger partial charge >= 0.3 is 5.97 Å². The fraction of sp³-hybridized carbons (Fsp3) is 0.923. The molecule has 1 aliphatic carbocycles. The van der Waals surface area contributed by atoms with Crippen LogP contribution < -0.4 is 5.73 Å². The topological polar surface area (TPSA) is 63.3 Å². The van der Waals surface area contributed by atoms with Crippen LogP contribution in [0.2, 0.25) is 0 Å². The molecule has 3 nitrogen and oxygen atoms in total. The van der Waals surface area contributed by atoms with E-state index in [9.17, 15) is 9.90 Å². The molecule has 3 heteroatoms. The maximum Gasteiger partial charge on any atom is 0.306 e. The number of aliphatic carboxylic acids is 1. The maximum absolute atomic E-state index is 11.3. The van der Waals surface area contributed by atoms with Gasteiger partial charge in [0.2, 0.25) is 0 Å². The summed E-state index contributed by atoms with van der Waals surface area (Å²) in [6, 6.07) is 0. The Bertz CT molecular complexity index is 218. The lowest BCUT2D eigenvalue weighted by molar-refractivity contribution is -0.145. The molecule has 94 valence electrons. The second kappa shape index (κ2) is 6.89. The molecule has 1 aliphatic rings. The predicted octanol–water partition coefficient (Wildman–Crippen LogP) is 2.64. The van der Waals surface area contributed by atoms with E-state index in [1.807, 2.05) is 0 Å². The lowest BCUT2D eigenvalue weighted by Crippen LogP contribution is -2.32. The summed E-state index contributed by atoms with van der Waals surface area (Å²) in [6.07, 6.45) is 7.51. The van der Waals surface area contributed by atoms with E-state index in [1.165, 1.54) is 19.3 Å². The molecule has 1 fully saturated rings. The number of hydrogen-bond acceptors (Lipinski definition) is 2. The molecule has 16 heavy (non-hydrogen) atoms. The van der Waals surface area contributed by atoms with Gasteiger partial charge < -0.3 is 10.8 Å². The van der Waals surface area contributed by atoms with E-state index >= 15 is 0 Å². The van der Waals surface area contributed by atoms with E-state index in [0.717, 1.165) is 25.7 Å². The van der Waals surface area contributed by atoms with Crippen LogP contribution in [0, 0.1) is 17.8 Å². The first-order valence-corrected chi connectivity index (χ1v) is 6.63. The third kappa shape index (κ3) is 3.48. The minimum absolute atomic E-state index is 0.159. The van der Waals surface area contributed by atoms with Crippen molar-refractivity contribution in [3.63, 3.8) is 0 Å². The number of carboxylic acid groups (broad SMARTS) is 1. The average Bonchev–Trinajstić information content (AvgIpc) is 2.29. The number of nitrogens with two attached hydrogens (primary N) is 1. The van der Waals surface area contributed by atoms with Gasteiger partial charge in [-0.05, 0) is 37.6 Å². The van der Waals surface area contributed by atoms with E-state index < -0.39 is 5.97 Å². The fourth-order valence-electron chi connectivity index (χ4n) is 3.13. The Morgan fingerprint density at radius 2 is 2.12 bits per heavy atom. The van der Waals surface area contributed by atoms with Crippen LogP contribution in [0.4, 0.5) is 0 Å². The quantitative estimate of drug-likeness (QED) is 0.733. The Labute approximate surface area is 98.4 Å². The Morgan fingerprint density at radius 1 is 1.44 bits per heavy atom. The van der Waals surface area contributed by atoms with E-state index in [4.69, 9.17) is 5.73 Å². The second-order valence-electron chi connectivity index (χ2n) is 4.99. The number of hydrogen-bond donors (Lipinski definition) is 2. The number of carbonyl (C=O) groups is 1. The van der Waals surface area contributed by atoms with E-state index in [2.05, 4.69) is 6.92 Å². The highest BCUT2D eigenvalue weighted by Gasteiger charge is 2.34. The van der Waals surface area contributed by atoms with Crippen LogP contribution in [-0.2, 0) is 4.79 Å². The first-order chi connectivity index (χ1) is 7.70. The van der Waals surface area contributed by atoms with Gasteiger partial charge in [0.05, 0.1) is 5.92 Å². The number of carboxylic acids is 1. The van der Waals surface area contributed by atoms with Gasteiger partial charge in [-0.2, -0.15) is 0 Å². The SMILES string of the molecule is CCC1CCCCC1C(CCCN)C(=O)O. The molecular weight excluding hydrogens is 202 g/mol. The van der Waals surface area contributed by atoms with Crippen molar-refractivity contribution >= 4 is 5.97 Å². The first-order valence-electron chi connectivity index (χ1n) is 6.63. The van der Waals surface area contributed by atoms with Crippen LogP contribution in [0.15, 0.2) is 0 Å². The van der Waals surface area contributed by atoms with Gasteiger partial charge in [-0.3, -0.25) is 4.79 Å². The summed E-state index contributed by atoms with van der Waals surface area (Å²) in [5, 5.41) is 9.32. The smallest absolute Gasteiger partial charge is 0.306 e. The second-order valence-corrected chi connectivity index (χ2v) is 4.99. The molecule has 0 spiro atoms. The van der Waals surface area contributed by atoms with Crippen LogP contribution in [0.25, 0.3) is 0 Å². The summed E-state index contributed by atoms with van der Waals surface area (Å²) < 4.78 is 0. The average molecular weight is 227 g/mol. The molecule has 0 radical (unpaired) electrons. The van der Waals surface area contributed by atoms with Gasteiger partial charge in [-0.15, -0.1) is 0 Å². The van der Waals surface area contributed by atoms with Gasteiger partial charge in [0.1, 0.15) is 0 Å². The third-order valence-corrected chi connectivity index (χ3v) is 4.05. The normalized spacial score (nSPS) is 27.6. The van der Waals surface area contributed by atoms with Crippen LogP contribution >= 0.6 is 0 Å². The van der Waals surface area contributed by atoms with Crippen LogP contribution in [-0.4, -0.2) is 17.6 Å². The van der Waals surface area contributed by atoms with Crippen molar-refractivity contribution in [2.24, 2.45) is 23.5 Å². The molecule has 0 heterocycles. The van der Waals surface area contributed by atoms with Crippen molar-refractivity contribution in [1.82, 2.24) is 0 Å². The largest absolute Gasteiger partial charge is 0.481 e. The van der Waals surface area contributed by atoms with Crippen molar-refractivity contribution in [2.75, 3.05) is 6.54 Å². The molecular formula is C13H25NO2. The molecule has 0 bridgehead atoms. The standard InChI is InChI=1S/C13H25NO2/c1-2-10-6-3-4-7-11(10)12(13(15)16)8-5-9-14/h10-12H,2-9,14H2,1H3,(H,15,16). The van der Waals surface area contributed by atoms with E-state index in [-0.39, 0.29) is 5.92 Å². The molecule has 0 amide bonds. The molecule has 3 N–H and O–H groups in total. The Morgan fingerprint density at radius 3 is 2.69 bits per heavy atom. The lowest BCUT2D eigenvalue weighted by atomic mass is 9.70. The Balaban J connectivity index is 2.62. The number of rotatable bonds is 6. The molecule has 0 aromatic rings. The van der Waals surface area contributed by atoms with Gasteiger partial charge in [0.15, 0.2) is 0 Å². The fourth-order valence-corrected chi connectivity index (χ4v) is 3.13. The van der Waals surface area contributed by atoms with Gasteiger partial charge in [0, 0.05) is 0 Å². The maximum atomic E-state index is 11.3. The van der Waals surface area contributed by atoms with Crippen molar-refractivity contribution in [2.45, 2.75) is 51.9 Å². The van der Waals surface area contributed by atoms with Crippen molar-refractivity contribution < 1.29 is 9.90 Å². The lowest BCUT2D eigenvalue weighted by Gasteiger charge is -2.35. The minimum Gasteiger partial charge on any atom is -0.481 e. The summed E-state index contributed by atoms with van der Waals surface area (Å²) in [5.74, 6) is 0.239. The van der Waals surface area contributed by atoms with Crippen molar-refractivity contribution in [3.05, 3.63) is 0 Å². The summed E-state index contributed by atoms with van der Waals surface area (Å²) in [4.78, 5) is 11.3. The summed E-state index contributed by atoms with van der Waals surface area (Å²) >= 11 is 0. The molecule has 0 aliphatic heterocycles. The summed E-state index contributed by atoms with van der Waals surface area (Å²) in [5.41, 5.74) is 5.48. The zero-order chi connectivity index (χ0) is 12.0. The van der Waals surface area contributed by atoms with Crippen LogP contribution in [0.3, 0.4) is 0 Å². The van der Waals surface area contributed by atoms with Gasteiger partial charge in [0.25, 0.3) is 0 Å². The van der Waals surface area contributed by atoms with Crippen LogP contribution in [0.5, 0.6) is 0 Å². The minimum atomic E-state index is -0.612. The molecule has 0 aromatic carbocycles. The third-order valence-electron chi connectivity index (χ3n) is 4.05. The zero-order valence-electron chi connectivity index (χ0n) is 10.3. The molecule has 0 aromatic heterocycles. The van der Waals surface area contributed by atoms with Crippen molar-refractivity contribution in [3.8, 4) is 0 Å².